The van der Waals surface area contributed by atoms with E-state index in [1.54, 1.807) is 0 Å². The number of fused-ring (bicyclic) bond motifs is 10. The second kappa shape index (κ2) is 19.0. The first-order chi connectivity index (χ1) is 39.9. The minimum absolute atomic E-state index is 0.00730. The van der Waals surface area contributed by atoms with Gasteiger partial charge in [0.25, 0.3) is 6.71 Å². The van der Waals surface area contributed by atoms with E-state index in [0.29, 0.717) is 0 Å². The van der Waals surface area contributed by atoms with Gasteiger partial charge in [-0.25, -0.2) is 0 Å². The third kappa shape index (κ3) is 8.42. The molecule has 14 rings (SSSR count). The van der Waals surface area contributed by atoms with Crippen molar-refractivity contribution in [1.29, 1.82) is 0 Å². The molecule has 422 valence electrons. The van der Waals surface area contributed by atoms with Gasteiger partial charge in [0.05, 0.1) is 21.6 Å². The van der Waals surface area contributed by atoms with Crippen molar-refractivity contribution >= 4 is 117 Å². The molecule has 84 heavy (non-hydrogen) atoms. The molecule has 2 atom stereocenters. The van der Waals surface area contributed by atoms with E-state index in [2.05, 4.69) is 305 Å². The summed E-state index contributed by atoms with van der Waals surface area (Å²) in [5.41, 5.74) is 24.0. The average Bonchev–Trinajstić information content (AvgIpc) is 1.49. The molecule has 0 N–H and O–H groups in total. The average molecular weight is 1120 g/mol. The standard InChI is InChI=1S/C78H81BN4S/c1-73(2,3)50-27-35-54(36-28-50)80(55-37-29-51(30-38-55)74(4,5)6)58-43-44-63-66(47-58)82(65-25-19-22-61-60-21-15-16-26-69(60)84-72(61)65)67-48-59(81(56-39-31-52(32-40-56)75(7,8)9)57-41-33-53(34-42-57)76(10,11)12)49-68-70(67)79(63)64-24-20-23-62-71(64)83(68)78(14)46-18-17-45-77(62,78)13/h15-16,19-44,47-49H,17-18,45-46H2,1-14H3. The summed E-state index contributed by atoms with van der Waals surface area (Å²) in [6, 6.07) is 73.6. The summed E-state index contributed by atoms with van der Waals surface area (Å²) in [6.07, 6.45) is 4.74. The summed E-state index contributed by atoms with van der Waals surface area (Å²) in [4.78, 5) is 10.6. The molecular weight excluding hydrogens is 1040 g/mol. The Balaban J connectivity index is 1.09. The van der Waals surface area contributed by atoms with Gasteiger partial charge in [0.15, 0.2) is 0 Å². The molecule has 3 aliphatic heterocycles. The predicted molar refractivity (Wildman–Crippen MR) is 366 cm³/mol. The van der Waals surface area contributed by atoms with Gasteiger partial charge in [-0.2, -0.15) is 0 Å². The molecule has 4 aliphatic rings. The maximum Gasteiger partial charge on any atom is 0.252 e. The van der Waals surface area contributed by atoms with Gasteiger partial charge in [0.1, 0.15) is 0 Å². The van der Waals surface area contributed by atoms with Crippen LogP contribution in [0.15, 0.2) is 188 Å². The van der Waals surface area contributed by atoms with Gasteiger partial charge < -0.3 is 19.6 Å². The molecule has 0 spiro atoms. The highest BCUT2D eigenvalue weighted by Crippen LogP contribution is 2.63. The number of hydrogen-bond donors (Lipinski definition) is 0. The van der Waals surface area contributed by atoms with E-state index in [9.17, 15) is 0 Å². The molecule has 2 unspecified atom stereocenters. The minimum Gasteiger partial charge on any atom is -0.335 e. The topological polar surface area (TPSA) is 13.0 Å². The third-order valence-corrected chi connectivity index (χ3v) is 21.2. The van der Waals surface area contributed by atoms with Crippen LogP contribution in [0.1, 0.15) is 150 Å². The molecule has 10 aromatic rings. The number of hydrogen-bond acceptors (Lipinski definition) is 5. The molecule has 0 amide bonds. The summed E-state index contributed by atoms with van der Waals surface area (Å²) in [5.74, 6) is 0. The first kappa shape index (κ1) is 54.4. The SMILES string of the molecule is CC(C)(C)c1ccc(N(c2ccc(C(C)(C)C)cc2)c2ccc3c(c2)N(c2cccc4c2sc2ccccc24)c2cc(N(c4ccc(C(C)(C)C)cc4)c4ccc(C(C)(C)C)cc4)cc4c2B3c2cccc3c2N4C2(C)CCCCC32C)cc1. The fourth-order valence-corrected chi connectivity index (χ4v) is 16.2. The van der Waals surface area contributed by atoms with Gasteiger partial charge in [-0.1, -0.05) is 206 Å². The number of para-hydroxylation sites is 1. The Kier molecular flexibility index (Phi) is 12.3. The molecule has 1 fully saturated rings. The molecule has 1 aromatic heterocycles. The molecular formula is C78H81BN4S. The second-order valence-electron chi connectivity index (χ2n) is 29.4. The van der Waals surface area contributed by atoms with Crippen molar-refractivity contribution < 1.29 is 0 Å². The zero-order chi connectivity index (χ0) is 58.6. The number of anilines is 11. The maximum atomic E-state index is 2.89. The van der Waals surface area contributed by atoms with Crippen LogP contribution in [0, 0.1) is 0 Å². The monoisotopic (exact) mass is 1120 g/mol. The van der Waals surface area contributed by atoms with Crippen molar-refractivity contribution in [3.8, 4) is 0 Å². The Hall–Kier alpha value is -7.54. The fraction of sp³-hybridized carbons (Fsp3) is 0.308. The van der Waals surface area contributed by atoms with Gasteiger partial charge in [-0.3, -0.25) is 0 Å². The lowest BCUT2D eigenvalue weighted by molar-refractivity contribution is 0.195. The molecule has 6 heteroatoms. The van der Waals surface area contributed by atoms with Crippen LogP contribution in [0.4, 0.5) is 62.6 Å². The molecule has 4 heterocycles. The molecule has 9 aromatic carbocycles. The summed E-state index contributed by atoms with van der Waals surface area (Å²) >= 11 is 1.92. The zero-order valence-corrected chi connectivity index (χ0v) is 52.8. The van der Waals surface area contributed by atoms with E-state index in [4.69, 9.17) is 0 Å². The Labute approximate surface area is 504 Å². The fourth-order valence-electron chi connectivity index (χ4n) is 15.0. The van der Waals surface area contributed by atoms with E-state index in [1.807, 2.05) is 11.3 Å². The highest BCUT2D eigenvalue weighted by Gasteiger charge is 2.61. The van der Waals surface area contributed by atoms with Crippen molar-refractivity contribution in [2.75, 3.05) is 19.6 Å². The van der Waals surface area contributed by atoms with Crippen molar-refractivity contribution in [1.82, 2.24) is 0 Å². The molecule has 4 nitrogen and oxygen atoms in total. The summed E-state index contributed by atoms with van der Waals surface area (Å²) in [5, 5.41) is 2.59. The lowest BCUT2D eigenvalue weighted by Crippen LogP contribution is -2.64. The second-order valence-corrected chi connectivity index (χ2v) is 30.5. The highest BCUT2D eigenvalue weighted by molar-refractivity contribution is 7.26. The van der Waals surface area contributed by atoms with Gasteiger partial charge in [0, 0.05) is 72.1 Å². The van der Waals surface area contributed by atoms with Gasteiger partial charge in [-0.05, 0) is 171 Å². The first-order valence-corrected chi connectivity index (χ1v) is 31.7. The van der Waals surface area contributed by atoms with Crippen molar-refractivity contribution in [2.45, 2.75) is 155 Å². The summed E-state index contributed by atoms with van der Waals surface area (Å²) < 4.78 is 2.59. The third-order valence-electron chi connectivity index (χ3n) is 20.0. The first-order valence-electron chi connectivity index (χ1n) is 30.9. The van der Waals surface area contributed by atoms with Crippen molar-refractivity contribution in [3.05, 3.63) is 216 Å². The highest BCUT2D eigenvalue weighted by atomic mass is 32.1. The maximum absolute atomic E-state index is 2.89. The number of nitrogens with zero attached hydrogens (tertiary/aromatic N) is 4. The molecule has 1 saturated carbocycles. The smallest absolute Gasteiger partial charge is 0.252 e. The quantitative estimate of drug-likeness (QED) is 0.147. The molecule has 0 radical (unpaired) electrons. The Morgan fingerprint density at radius 1 is 0.417 bits per heavy atom. The Bertz CT molecular complexity index is 4110. The number of benzene rings is 9. The molecule has 1 aliphatic carbocycles. The van der Waals surface area contributed by atoms with Crippen molar-refractivity contribution in [2.24, 2.45) is 0 Å². The van der Waals surface area contributed by atoms with E-state index < -0.39 is 0 Å². The van der Waals surface area contributed by atoms with Crippen LogP contribution >= 0.6 is 11.3 Å². The van der Waals surface area contributed by atoms with Gasteiger partial charge in [0.2, 0.25) is 0 Å². The molecule has 0 bridgehead atoms. The van der Waals surface area contributed by atoms with Crippen LogP contribution in [-0.2, 0) is 27.1 Å². The lowest BCUT2D eigenvalue weighted by Gasteiger charge is -2.53. The van der Waals surface area contributed by atoms with Crippen LogP contribution in [0.5, 0.6) is 0 Å². The van der Waals surface area contributed by atoms with E-state index in [1.165, 1.54) is 112 Å². The van der Waals surface area contributed by atoms with E-state index in [0.717, 1.165) is 40.5 Å². The number of rotatable bonds is 7. The largest absolute Gasteiger partial charge is 0.335 e. The van der Waals surface area contributed by atoms with Crippen LogP contribution in [-0.4, -0.2) is 12.3 Å². The van der Waals surface area contributed by atoms with Crippen LogP contribution in [0.25, 0.3) is 20.2 Å². The Morgan fingerprint density at radius 2 is 0.881 bits per heavy atom. The minimum atomic E-state index is -0.152. The van der Waals surface area contributed by atoms with E-state index in [-0.39, 0.29) is 39.3 Å². The summed E-state index contributed by atoms with van der Waals surface area (Å²) in [6.45, 7) is 32.9. The van der Waals surface area contributed by atoms with Gasteiger partial charge in [-0.15, -0.1) is 11.3 Å². The molecule has 0 saturated heterocycles. The lowest BCUT2D eigenvalue weighted by atomic mass is 9.33. The van der Waals surface area contributed by atoms with Crippen LogP contribution in [0.2, 0.25) is 0 Å². The van der Waals surface area contributed by atoms with Gasteiger partial charge >= 0.3 is 0 Å². The van der Waals surface area contributed by atoms with E-state index >= 15 is 0 Å². The summed E-state index contributed by atoms with van der Waals surface area (Å²) in [7, 11) is 0. The Morgan fingerprint density at radius 3 is 1.43 bits per heavy atom. The van der Waals surface area contributed by atoms with Crippen LogP contribution in [0.3, 0.4) is 0 Å². The zero-order valence-electron chi connectivity index (χ0n) is 52.0. The predicted octanol–water partition coefficient (Wildman–Crippen LogP) is 20.5. The normalized spacial score (nSPS) is 18.2. The van der Waals surface area contributed by atoms with Crippen LogP contribution < -0.4 is 36.0 Å². The number of thiophene rings is 1. The van der Waals surface area contributed by atoms with Crippen molar-refractivity contribution in [3.63, 3.8) is 0 Å².